The van der Waals surface area contributed by atoms with E-state index in [-0.39, 0.29) is 36.2 Å². The molecule has 0 amide bonds. The molecular formula is C53H98NO7+. The summed E-state index contributed by atoms with van der Waals surface area (Å²) in [6, 6.07) is -0.615. The average Bonchev–Trinajstić information content (AvgIpc) is 3.22. The van der Waals surface area contributed by atoms with Gasteiger partial charge in [-0.05, 0) is 64.2 Å². The largest absolute Gasteiger partial charge is 0.477 e. The Kier molecular flexibility index (Phi) is 42.4. The lowest BCUT2D eigenvalue weighted by Gasteiger charge is -2.31. The number of hydrogen-bond acceptors (Lipinski definition) is 6. The lowest BCUT2D eigenvalue weighted by molar-refractivity contribution is -0.887. The van der Waals surface area contributed by atoms with Gasteiger partial charge in [0.1, 0.15) is 6.61 Å². The Hall–Kier alpha value is -2.45. The zero-order chi connectivity index (χ0) is 44.9. The lowest BCUT2D eigenvalue weighted by atomic mass is 10.1. The van der Waals surface area contributed by atoms with E-state index in [1.165, 1.54) is 161 Å². The van der Waals surface area contributed by atoms with Crippen LogP contribution in [0.5, 0.6) is 0 Å². The second-order valence-corrected chi connectivity index (χ2v) is 18.4. The topological polar surface area (TPSA) is 99.1 Å². The number of esters is 2. The van der Waals surface area contributed by atoms with Crippen molar-refractivity contribution in [3.63, 3.8) is 0 Å². The van der Waals surface area contributed by atoms with Gasteiger partial charge in [0.2, 0.25) is 0 Å². The molecule has 0 rings (SSSR count). The van der Waals surface area contributed by atoms with Crippen molar-refractivity contribution in [2.75, 3.05) is 41.0 Å². The highest BCUT2D eigenvalue weighted by atomic mass is 16.6. The van der Waals surface area contributed by atoms with E-state index in [9.17, 15) is 19.5 Å². The first kappa shape index (κ1) is 58.6. The number of allylic oxidation sites excluding steroid dienone is 6. The normalized spacial score (nSPS) is 13.1. The fourth-order valence-electron chi connectivity index (χ4n) is 7.55. The molecule has 0 aromatic heterocycles. The summed E-state index contributed by atoms with van der Waals surface area (Å²) in [5.41, 5.74) is 0. The van der Waals surface area contributed by atoms with Crippen LogP contribution in [0.3, 0.4) is 0 Å². The summed E-state index contributed by atoms with van der Waals surface area (Å²) in [5, 5.41) is 9.65. The molecule has 0 heterocycles. The van der Waals surface area contributed by atoms with Gasteiger partial charge in [-0.2, -0.15) is 0 Å². The molecule has 0 bridgehead atoms. The number of carbonyl (C=O) groups excluding carboxylic acids is 2. The van der Waals surface area contributed by atoms with E-state index in [1.54, 1.807) is 0 Å². The van der Waals surface area contributed by atoms with E-state index < -0.39 is 18.1 Å². The third-order valence-electron chi connectivity index (χ3n) is 11.5. The summed E-state index contributed by atoms with van der Waals surface area (Å²) < 4.78 is 17.4. The number of unbranched alkanes of at least 4 members (excludes halogenated alkanes) is 27. The van der Waals surface area contributed by atoms with E-state index in [0.29, 0.717) is 19.3 Å². The van der Waals surface area contributed by atoms with Crippen molar-refractivity contribution in [3.8, 4) is 0 Å². The number of carboxylic acid groups (broad SMARTS) is 1. The maximum absolute atomic E-state index is 12.8. The smallest absolute Gasteiger partial charge is 0.362 e. The Morgan fingerprint density at radius 1 is 0.492 bits per heavy atom. The summed E-state index contributed by atoms with van der Waals surface area (Å²) in [5.74, 6) is -1.47. The third-order valence-corrected chi connectivity index (χ3v) is 11.5. The Morgan fingerprint density at radius 2 is 0.869 bits per heavy atom. The van der Waals surface area contributed by atoms with Gasteiger partial charge in [-0.3, -0.25) is 9.59 Å². The van der Waals surface area contributed by atoms with E-state index >= 15 is 0 Å². The number of likely N-dealkylation sites (N-methyl/N-ethyl adjacent to an activating group) is 1. The standard InChI is InChI=1S/C53H97NO7/c1-6-8-10-12-14-16-18-20-22-24-25-26-28-30-32-34-36-38-40-42-44-52(56)61-49(47-59-46-45-50(53(57)58)54(3,4)5)48-60-51(55)43-41-39-37-35-33-31-29-27-23-21-19-17-15-13-11-9-7-2/h16,18,20-23,49-50H,6-15,17,19,24-48H2,1-5H3/p+1/b18-16+,22-20+,23-21+. The molecule has 0 radical (unpaired) electrons. The van der Waals surface area contributed by atoms with Gasteiger partial charge >= 0.3 is 17.9 Å². The van der Waals surface area contributed by atoms with Crippen LogP contribution in [-0.2, 0) is 28.6 Å². The summed E-state index contributed by atoms with van der Waals surface area (Å²) in [6.45, 7) is 4.73. The zero-order valence-corrected chi connectivity index (χ0v) is 40.6. The fourth-order valence-corrected chi connectivity index (χ4v) is 7.55. The SMILES string of the molecule is CCCCCC/C=C/C=C/CCCCCCCCCCCCC(=O)OC(COCCC(C(=O)O)[N+](C)(C)C)COC(=O)CCCCCCCCC/C=C/CCCCCCCC. The fraction of sp³-hybridized carbons (Fsp3) is 0.830. The van der Waals surface area contributed by atoms with Crippen molar-refractivity contribution in [3.05, 3.63) is 36.5 Å². The van der Waals surface area contributed by atoms with Crippen LogP contribution in [0.4, 0.5) is 0 Å². The first-order valence-corrected chi connectivity index (χ1v) is 25.5. The number of carbonyl (C=O) groups is 3. The van der Waals surface area contributed by atoms with Crippen LogP contribution in [0.1, 0.15) is 232 Å². The maximum Gasteiger partial charge on any atom is 0.362 e. The van der Waals surface area contributed by atoms with Gasteiger partial charge in [-0.15, -0.1) is 0 Å². The number of rotatable bonds is 46. The van der Waals surface area contributed by atoms with Gasteiger partial charge in [0.05, 0.1) is 34.4 Å². The molecule has 0 saturated heterocycles. The highest BCUT2D eigenvalue weighted by molar-refractivity contribution is 5.72. The van der Waals surface area contributed by atoms with Crippen LogP contribution in [-0.4, -0.2) is 80.6 Å². The van der Waals surface area contributed by atoms with Crippen molar-refractivity contribution in [2.24, 2.45) is 0 Å². The molecule has 8 heteroatoms. The molecule has 0 aliphatic heterocycles. The van der Waals surface area contributed by atoms with Crippen LogP contribution >= 0.6 is 0 Å². The van der Waals surface area contributed by atoms with Crippen LogP contribution in [0.2, 0.25) is 0 Å². The average molecular weight is 861 g/mol. The highest BCUT2D eigenvalue weighted by Gasteiger charge is 2.31. The van der Waals surface area contributed by atoms with Gasteiger partial charge in [-0.1, -0.05) is 185 Å². The molecule has 0 spiro atoms. The van der Waals surface area contributed by atoms with Crippen LogP contribution < -0.4 is 0 Å². The summed E-state index contributed by atoms with van der Waals surface area (Å²) in [6.07, 6.45) is 51.8. The Morgan fingerprint density at radius 3 is 1.30 bits per heavy atom. The van der Waals surface area contributed by atoms with Crippen molar-refractivity contribution in [2.45, 2.75) is 244 Å². The molecule has 61 heavy (non-hydrogen) atoms. The number of hydrogen-bond donors (Lipinski definition) is 1. The maximum atomic E-state index is 12.8. The summed E-state index contributed by atoms with van der Waals surface area (Å²) in [4.78, 5) is 37.1. The zero-order valence-electron chi connectivity index (χ0n) is 40.6. The first-order chi connectivity index (χ1) is 29.6. The molecule has 0 aromatic rings. The van der Waals surface area contributed by atoms with E-state index in [1.807, 2.05) is 21.1 Å². The third kappa shape index (κ3) is 42.6. The van der Waals surface area contributed by atoms with Gasteiger partial charge in [0, 0.05) is 19.3 Å². The molecule has 0 saturated carbocycles. The molecule has 0 aliphatic rings. The Balaban J connectivity index is 4.25. The molecule has 0 aromatic carbocycles. The number of quaternary nitrogens is 1. The number of aliphatic carboxylic acids is 1. The van der Waals surface area contributed by atoms with Crippen molar-refractivity contribution >= 4 is 17.9 Å². The van der Waals surface area contributed by atoms with E-state index in [2.05, 4.69) is 50.3 Å². The first-order valence-electron chi connectivity index (χ1n) is 25.5. The minimum Gasteiger partial charge on any atom is -0.477 e. The molecule has 356 valence electrons. The number of carboxylic acids is 1. The molecule has 8 nitrogen and oxygen atoms in total. The number of nitrogens with zero attached hydrogens (tertiary/aromatic N) is 1. The monoisotopic (exact) mass is 861 g/mol. The molecule has 2 atom stereocenters. The van der Waals surface area contributed by atoms with Gasteiger partial charge in [0.25, 0.3) is 0 Å². The van der Waals surface area contributed by atoms with Crippen LogP contribution in [0, 0.1) is 0 Å². The Labute approximate surface area is 376 Å². The van der Waals surface area contributed by atoms with Crippen LogP contribution in [0.15, 0.2) is 36.5 Å². The van der Waals surface area contributed by atoms with Crippen molar-refractivity contribution in [1.82, 2.24) is 0 Å². The predicted molar refractivity (Wildman–Crippen MR) is 257 cm³/mol. The summed E-state index contributed by atoms with van der Waals surface area (Å²) in [7, 11) is 5.54. The second kappa shape index (κ2) is 44.2. The van der Waals surface area contributed by atoms with E-state index in [0.717, 1.165) is 38.5 Å². The quantitative estimate of drug-likeness (QED) is 0.0214. The molecule has 0 aliphatic carbocycles. The number of ether oxygens (including phenoxy) is 3. The minimum absolute atomic E-state index is 0.0526. The van der Waals surface area contributed by atoms with Gasteiger partial charge in [0.15, 0.2) is 12.1 Å². The Bertz CT molecular complexity index is 1090. The minimum atomic E-state index is -0.874. The van der Waals surface area contributed by atoms with Crippen molar-refractivity contribution < 1.29 is 38.2 Å². The van der Waals surface area contributed by atoms with Gasteiger partial charge < -0.3 is 23.8 Å². The predicted octanol–water partition coefficient (Wildman–Crippen LogP) is 14.6. The van der Waals surface area contributed by atoms with Gasteiger partial charge in [-0.25, -0.2) is 4.79 Å². The molecular weight excluding hydrogens is 763 g/mol. The molecule has 2 unspecified atom stereocenters. The van der Waals surface area contributed by atoms with Crippen LogP contribution in [0.25, 0.3) is 0 Å². The molecule has 0 fully saturated rings. The highest BCUT2D eigenvalue weighted by Crippen LogP contribution is 2.15. The molecule has 1 N–H and O–H groups in total. The van der Waals surface area contributed by atoms with Crippen molar-refractivity contribution in [1.29, 1.82) is 0 Å². The van der Waals surface area contributed by atoms with E-state index in [4.69, 9.17) is 14.2 Å². The lowest BCUT2D eigenvalue weighted by Crippen LogP contribution is -2.50. The second-order valence-electron chi connectivity index (χ2n) is 18.4. The summed E-state index contributed by atoms with van der Waals surface area (Å²) >= 11 is 0.